The fourth-order valence-electron chi connectivity index (χ4n) is 2.36. The molecule has 0 saturated carbocycles. The van der Waals surface area contributed by atoms with Crippen LogP contribution >= 0.6 is 0 Å². The van der Waals surface area contributed by atoms with Gasteiger partial charge in [-0.15, -0.1) is 8.78 Å². The number of carbonyl (C=O) groups excluding carboxylic acids is 1. The molecule has 0 unspecified atom stereocenters. The Bertz CT molecular complexity index is 992. The summed E-state index contributed by atoms with van der Waals surface area (Å²) >= 11 is 0. The van der Waals surface area contributed by atoms with Crippen molar-refractivity contribution in [3.05, 3.63) is 47.5 Å². The molecule has 2 aromatic rings. The topological polar surface area (TPSA) is 93.7 Å². The molecule has 1 heterocycles. The SMILES string of the molecule is CNS(=O)(=O)c1ccc(C)c(C(=O)Nc2ccc3c(c2)OC(F)(F)O3)c1. The molecule has 2 aromatic carbocycles. The molecule has 0 fully saturated rings. The van der Waals surface area contributed by atoms with Gasteiger partial charge in [0.05, 0.1) is 4.90 Å². The standard InChI is InChI=1S/C16H14F2N2O5S/c1-9-3-5-11(26(22,23)19-2)8-12(9)15(21)20-10-4-6-13-14(7-10)25-16(17,18)24-13/h3-8,19H,1-2H3,(H,20,21). The lowest BCUT2D eigenvalue weighted by Gasteiger charge is -2.10. The van der Waals surface area contributed by atoms with Crippen molar-refractivity contribution in [1.29, 1.82) is 0 Å². The monoisotopic (exact) mass is 384 g/mol. The lowest BCUT2D eigenvalue weighted by molar-refractivity contribution is -0.286. The molecule has 138 valence electrons. The van der Waals surface area contributed by atoms with Gasteiger partial charge in [-0.3, -0.25) is 4.79 Å². The normalized spacial score (nSPS) is 14.9. The molecular weight excluding hydrogens is 370 g/mol. The number of fused-ring (bicyclic) bond motifs is 1. The van der Waals surface area contributed by atoms with Gasteiger partial charge in [0.25, 0.3) is 5.91 Å². The Morgan fingerprint density at radius 3 is 2.46 bits per heavy atom. The van der Waals surface area contributed by atoms with E-state index >= 15 is 0 Å². The maximum absolute atomic E-state index is 13.0. The van der Waals surface area contributed by atoms with E-state index in [9.17, 15) is 22.0 Å². The molecule has 0 spiro atoms. The van der Waals surface area contributed by atoms with Gasteiger partial charge in [-0.2, -0.15) is 0 Å². The van der Waals surface area contributed by atoms with Crippen LogP contribution in [-0.2, 0) is 10.0 Å². The smallest absolute Gasteiger partial charge is 0.395 e. The Labute approximate surface area is 148 Å². The second-order valence-electron chi connectivity index (χ2n) is 5.47. The van der Waals surface area contributed by atoms with Crippen LogP contribution < -0.4 is 19.5 Å². The Balaban J connectivity index is 1.87. The molecule has 1 aliphatic rings. The molecule has 0 saturated heterocycles. The Hall–Kier alpha value is -2.72. The van der Waals surface area contributed by atoms with Crippen molar-refractivity contribution in [3.8, 4) is 11.5 Å². The minimum atomic E-state index is -3.75. The third-order valence-electron chi connectivity index (χ3n) is 3.69. The van der Waals surface area contributed by atoms with E-state index < -0.39 is 22.2 Å². The van der Waals surface area contributed by atoms with E-state index in [1.54, 1.807) is 6.92 Å². The average Bonchev–Trinajstić information content (AvgIpc) is 2.88. The molecule has 3 rings (SSSR count). The highest BCUT2D eigenvalue weighted by Crippen LogP contribution is 2.42. The van der Waals surface area contributed by atoms with Crippen LogP contribution in [0.2, 0.25) is 0 Å². The molecule has 1 amide bonds. The van der Waals surface area contributed by atoms with Gasteiger partial charge in [-0.05, 0) is 43.8 Å². The number of nitrogens with one attached hydrogen (secondary N) is 2. The first-order chi connectivity index (χ1) is 12.1. The largest absolute Gasteiger partial charge is 0.586 e. The fourth-order valence-corrected chi connectivity index (χ4v) is 3.11. The lowest BCUT2D eigenvalue weighted by atomic mass is 10.1. The number of alkyl halides is 2. The van der Waals surface area contributed by atoms with Gasteiger partial charge in [-0.25, -0.2) is 13.1 Å². The predicted octanol–water partition coefficient (Wildman–Crippen LogP) is 2.48. The van der Waals surface area contributed by atoms with Crippen molar-refractivity contribution in [3.63, 3.8) is 0 Å². The quantitative estimate of drug-likeness (QED) is 0.845. The van der Waals surface area contributed by atoms with Gasteiger partial charge in [-0.1, -0.05) is 6.07 Å². The van der Waals surface area contributed by atoms with E-state index in [0.717, 1.165) is 0 Å². The molecule has 0 aromatic heterocycles. The van der Waals surface area contributed by atoms with Crippen LogP contribution in [0, 0.1) is 6.92 Å². The molecule has 10 heteroatoms. The van der Waals surface area contributed by atoms with Gasteiger partial charge >= 0.3 is 6.29 Å². The van der Waals surface area contributed by atoms with Crippen molar-refractivity contribution in [2.24, 2.45) is 0 Å². The van der Waals surface area contributed by atoms with Gasteiger partial charge in [0.15, 0.2) is 11.5 Å². The summed E-state index contributed by atoms with van der Waals surface area (Å²) in [7, 11) is -2.45. The summed E-state index contributed by atoms with van der Waals surface area (Å²) in [5, 5.41) is 2.52. The first-order valence-corrected chi connectivity index (χ1v) is 8.85. The summed E-state index contributed by atoms with van der Waals surface area (Å²) in [5.41, 5.74) is 0.866. The average molecular weight is 384 g/mol. The summed E-state index contributed by atoms with van der Waals surface area (Å²) in [6, 6.07) is 7.90. The molecule has 0 radical (unpaired) electrons. The van der Waals surface area contributed by atoms with E-state index in [-0.39, 0.29) is 27.6 Å². The van der Waals surface area contributed by atoms with E-state index in [1.165, 1.54) is 43.4 Å². The number of carbonyl (C=O) groups is 1. The fraction of sp³-hybridized carbons (Fsp3) is 0.188. The summed E-state index contributed by atoms with van der Waals surface area (Å²) in [5.74, 6) is -0.955. The minimum Gasteiger partial charge on any atom is -0.395 e. The number of aryl methyl sites for hydroxylation is 1. The number of hydrogen-bond acceptors (Lipinski definition) is 5. The second-order valence-corrected chi connectivity index (χ2v) is 7.35. The number of hydrogen-bond donors (Lipinski definition) is 2. The van der Waals surface area contributed by atoms with E-state index in [4.69, 9.17) is 0 Å². The van der Waals surface area contributed by atoms with Crippen molar-refractivity contribution < 1.29 is 31.5 Å². The number of halogens is 2. The van der Waals surface area contributed by atoms with Gasteiger partial charge < -0.3 is 14.8 Å². The van der Waals surface area contributed by atoms with Crippen LogP contribution in [0.4, 0.5) is 14.5 Å². The van der Waals surface area contributed by atoms with E-state index in [1.807, 2.05) is 0 Å². The summed E-state index contributed by atoms with van der Waals surface area (Å²) in [6.45, 7) is 1.64. The van der Waals surface area contributed by atoms with Crippen LogP contribution in [-0.4, -0.2) is 27.7 Å². The molecule has 7 nitrogen and oxygen atoms in total. The van der Waals surface area contributed by atoms with Gasteiger partial charge in [0, 0.05) is 17.3 Å². The van der Waals surface area contributed by atoms with E-state index in [0.29, 0.717) is 5.56 Å². The van der Waals surface area contributed by atoms with Crippen molar-refractivity contribution >= 4 is 21.6 Å². The highest BCUT2D eigenvalue weighted by atomic mass is 32.2. The van der Waals surface area contributed by atoms with Crippen molar-refractivity contribution in [2.75, 3.05) is 12.4 Å². The van der Waals surface area contributed by atoms with Crippen LogP contribution in [0.3, 0.4) is 0 Å². The Morgan fingerprint density at radius 2 is 1.77 bits per heavy atom. The zero-order chi connectivity index (χ0) is 19.1. The number of ether oxygens (including phenoxy) is 2. The van der Waals surface area contributed by atoms with Crippen LogP contribution in [0.25, 0.3) is 0 Å². The highest BCUT2D eigenvalue weighted by molar-refractivity contribution is 7.89. The Morgan fingerprint density at radius 1 is 1.08 bits per heavy atom. The van der Waals surface area contributed by atoms with Crippen LogP contribution in [0.5, 0.6) is 11.5 Å². The van der Waals surface area contributed by atoms with Crippen LogP contribution in [0.15, 0.2) is 41.3 Å². The Kier molecular flexibility index (Phi) is 4.32. The zero-order valence-electron chi connectivity index (χ0n) is 13.7. The third-order valence-corrected chi connectivity index (χ3v) is 5.10. The predicted molar refractivity (Wildman–Crippen MR) is 88.0 cm³/mol. The third kappa shape index (κ3) is 3.46. The first-order valence-electron chi connectivity index (χ1n) is 7.37. The number of rotatable bonds is 4. The number of amides is 1. The minimum absolute atomic E-state index is 0.0684. The zero-order valence-corrected chi connectivity index (χ0v) is 14.5. The van der Waals surface area contributed by atoms with Crippen LogP contribution in [0.1, 0.15) is 15.9 Å². The molecule has 1 aliphatic heterocycles. The second kappa shape index (κ2) is 6.22. The lowest BCUT2D eigenvalue weighted by Crippen LogP contribution is -2.25. The first kappa shape index (κ1) is 18.1. The van der Waals surface area contributed by atoms with E-state index in [2.05, 4.69) is 19.5 Å². The number of anilines is 1. The summed E-state index contributed by atoms with van der Waals surface area (Å²) in [6.07, 6.45) is -3.75. The van der Waals surface area contributed by atoms with Crippen molar-refractivity contribution in [1.82, 2.24) is 4.72 Å². The molecule has 0 bridgehead atoms. The maximum Gasteiger partial charge on any atom is 0.586 e. The molecule has 0 aliphatic carbocycles. The van der Waals surface area contributed by atoms with Gasteiger partial charge in [0.1, 0.15) is 0 Å². The molecule has 26 heavy (non-hydrogen) atoms. The molecule has 2 N–H and O–H groups in total. The highest BCUT2D eigenvalue weighted by Gasteiger charge is 2.43. The van der Waals surface area contributed by atoms with Gasteiger partial charge in [0.2, 0.25) is 10.0 Å². The molecule has 0 atom stereocenters. The number of sulfonamides is 1. The summed E-state index contributed by atoms with van der Waals surface area (Å²) in [4.78, 5) is 12.4. The maximum atomic E-state index is 13.0. The summed E-state index contributed by atoms with van der Waals surface area (Å²) < 4.78 is 60.6. The number of benzene rings is 2. The molecular formula is C16H14F2N2O5S. The van der Waals surface area contributed by atoms with Crippen molar-refractivity contribution in [2.45, 2.75) is 18.1 Å².